The average Bonchev–Trinajstić information content (AvgIpc) is 2.39. The van der Waals surface area contributed by atoms with Crippen molar-refractivity contribution in [3.05, 3.63) is 40.8 Å². The van der Waals surface area contributed by atoms with Crippen molar-refractivity contribution in [3.8, 4) is 5.75 Å². The largest absolute Gasteiger partial charge is 0.500 e. The number of carbonyl (C=O) groups excluding carboxylic acids is 1. The summed E-state index contributed by atoms with van der Waals surface area (Å²) in [5, 5.41) is 1.14. The molecule has 0 atom stereocenters. The molecule has 0 spiro atoms. The van der Waals surface area contributed by atoms with Gasteiger partial charge in [-0.3, -0.25) is 0 Å². The molecule has 0 radical (unpaired) electrons. The van der Waals surface area contributed by atoms with Crippen LogP contribution in [0.5, 0.6) is 5.75 Å². The third-order valence-corrected chi connectivity index (χ3v) is 2.84. The normalized spacial score (nSPS) is 11.0. The molecule has 0 saturated heterocycles. The Morgan fingerprint density at radius 2 is 2.17 bits per heavy atom. The van der Waals surface area contributed by atoms with Gasteiger partial charge in [-0.05, 0) is 18.2 Å². The summed E-state index contributed by atoms with van der Waals surface area (Å²) in [7, 11) is 2.68. The molecular formula is C12H12BrClO4. The van der Waals surface area contributed by atoms with Crippen LogP contribution in [-0.4, -0.2) is 20.2 Å². The highest BCUT2D eigenvalue weighted by molar-refractivity contribution is 9.08. The van der Waals surface area contributed by atoms with Crippen molar-refractivity contribution in [1.82, 2.24) is 0 Å². The van der Waals surface area contributed by atoms with Crippen molar-refractivity contribution >= 4 is 33.5 Å². The lowest BCUT2D eigenvalue weighted by Gasteiger charge is -2.11. The highest BCUT2D eigenvalue weighted by Gasteiger charge is 2.15. The first kappa shape index (κ1) is 14.9. The lowest BCUT2D eigenvalue weighted by Crippen LogP contribution is -2.11. The Kier molecular flexibility index (Phi) is 6.01. The van der Waals surface area contributed by atoms with E-state index < -0.39 is 5.97 Å². The third-order valence-electron chi connectivity index (χ3n) is 2.00. The number of alkyl halides is 1. The van der Waals surface area contributed by atoms with E-state index in [9.17, 15) is 4.79 Å². The van der Waals surface area contributed by atoms with E-state index in [0.29, 0.717) is 16.1 Å². The molecule has 0 N–H and O–H groups in total. The number of esters is 1. The smallest absolute Gasteiger partial charge is 0.377 e. The minimum atomic E-state index is -0.618. The van der Waals surface area contributed by atoms with Crippen LogP contribution >= 0.6 is 27.5 Å². The summed E-state index contributed by atoms with van der Waals surface area (Å²) in [6.45, 7) is 0. The summed E-state index contributed by atoms with van der Waals surface area (Å²) in [5.41, 5.74) is 0.813. The van der Waals surface area contributed by atoms with E-state index in [4.69, 9.17) is 21.1 Å². The standard InChI is InChI=1S/C12H12BrClO4/c1-16-7-11(12(15)17-2)18-10-4-3-9(14)5-8(10)6-13/h3-5,7H,6H2,1-2H3/b11-7+. The van der Waals surface area contributed by atoms with E-state index >= 15 is 0 Å². The molecule has 0 unspecified atom stereocenters. The van der Waals surface area contributed by atoms with Crippen LogP contribution < -0.4 is 4.74 Å². The van der Waals surface area contributed by atoms with Gasteiger partial charge < -0.3 is 14.2 Å². The second-order valence-corrected chi connectivity index (χ2v) is 4.19. The van der Waals surface area contributed by atoms with Crippen molar-refractivity contribution in [2.45, 2.75) is 5.33 Å². The van der Waals surface area contributed by atoms with Gasteiger partial charge in [0.05, 0.1) is 14.2 Å². The van der Waals surface area contributed by atoms with Crippen molar-refractivity contribution < 1.29 is 19.0 Å². The average molecular weight is 336 g/mol. The van der Waals surface area contributed by atoms with Crippen LogP contribution in [0.4, 0.5) is 0 Å². The van der Waals surface area contributed by atoms with Crippen LogP contribution in [-0.2, 0) is 19.6 Å². The third kappa shape index (κ3) is 3.92. The van der Waals surface area contributed by atoms with Gasteiger partial charge in [0.2, 0.25) is 5.76 Å². The van der Waals surface area contributed by atoms with E-state index in [1.165, 1.54) is 20.5 Å². The Morgan fingerprint density at radius 1 is 1.44 bits per heavy atom. The Labute approximate surface area is 119 Å². The maximum Gasteiger partial charge on any atom is 0.377 e. The number of methoxy groups -OCH3 is 2. The lowest BCUT2D eigenvalue weighted by atomic mass is 10.2. The van der Waals surface area contributed by atoms with Gasteiger partial charge >= 0.3 is 5.97 Å². The highest BCUT2D eigenvalue weighted by atomic mass is 79.9. The summed E-state index contributed by atoms with van der Waals surface area (Å²) >= 11 is 9.20. The van der Waals surface area contributed by atoms with Gasteiger partial charge in [0.1, 0.15) is 12.0 Å². The molecule has 0 amide bonds. The molecule has 18 heavy (non-hydrogen) atoms. The van der Waals surface area contributed by atoms with Crippen LogP contribution in [0, 0.1) is 0 Å². The van der Waals surface area contributed by atoms with E-state index in [1.807, 2.05) is 0 Å². The summed E-state index contributed by atoms with van der Waals surface area (Å²) in [4.78, 5) is 11.4. The first-order chi connectivity index (χ1) is 8.62. The van der Waals surface area contributed by atoms with E-state index in [0.717, 1.165) is 5.56 Å². The first-order valence-electron chi connectivity index (χ1n) is 4.96. The van der Waals surface area contributed by atoms with E-state index in [-0.39, 0.29) is 5.76 Å². The Bertz CT molecular complexity index is 459. The molecule has 0 aromatic heterocycles. The van der Waals surface area contributed by atoms with Crippen molar-refractivity contribution in [3.63, 3.8) is 0 Å². The van der Waals surface area contributed by atoms with Crippen molar-refractivity contribution in [2.75, 3.05) is 14.2 Å². The predicted octanol–water partition coefficient (Wildman–Crippen LogP) is 3.27. The number of benzene rings is 1. The molecule has 0 saturated carbocycles. The Balaban J connectivity index is 3.01. The zero-order chi connectivity index (χ0) is 13.5. The molecule has 0 aliphatic rings. The van der Waals surface area contributed by atoms with Crippen LogP contribution in [0.2, 0.25) is 5.02 Å². The van der Waals surface area contributed by atoms with Gasteiger partial charge in [0.15, 0.2) is 0 Å². The van der Waals surface area contributed by atoms with Crippen LogP contribution in [0.3, 0.4) is 0 Å². The molecular weight excluding hydrogens is 323 g/mol. The van der Waals surface area contributed by atoms with Crippen LogP contribution in [0.15, 0.2) is 30.2 Å². The summed E-state index contributed by atoms with van der Waals surface area (Å²) in [6.07, 6.45) is 1.18. The van der Waals surface area contributed by atoms with Crippen LogP contribution in [0.25, 0.3) is 0 Å². The maximum atomic E-state index is 11.4. The number of hydrogen-bond acceptors (Lipinski definition) is 4. The van der Waals surface area contributed by atoms with Gasteiger partial charge in [-0.15, -0.1) is 0 Å². The quantitative estimate of drug-likeness (QED) is 0.358. The molecule has 4 nitrogen and oxygen atoms in total. The minimum absolute atomic E-state index is 0.0375. The number of rotatable bonds is 5. The fourth-order valence-electron chi connectivity index (χ4n) is 1.19. The molecule has 98 valence electrons. The number of halogens is 2. The second kappa shape index (κ2) is 7.28. The number of carbonyl (C=O) groups is 1. The van der Waals surface area contributed by atoms with Crippen molar-refractivity contribution in [1.29, 1.82) is 0 Å². The zero-order valence-electron chi connectivity index (χ0n) is 9.91. The van der Waals surface area contributed by atoms with Gasteiger partial charge in [-0.1, -0.05) is 27.5 Å². The van der Waals surface area contributed by atoms with Crippen molar-refractivity contribution in [2.24, 2.45) is 0 Å². The maximum absolute atomic E-state index is 11.4. The Hall–Kier alpha value is -1.20. The minimum Gasteiger partial charge on any atom is -0.500 e. The summed E-state index contributed by atoms with van der Waals surface area (Å²) in [5.74, 6) is -0.151. The van der Waals surface area contributed by atoms with Gasteiger partial charge in [0.25, 0.3) is 0 Å². The molecule has 6 heteroatoms. The predicted molar refractivity (Wildman–Crippen MR) is 71.8 cm³/mol. The molecule has 0 fully saturated rings. The SMILES string of the molecule is CO/C=C(/Oc1ccc(Cl)cc1CBr)C(=O)OC. The van der Waals surface area contributed by atoms with Gasteiger partial charge in [-0.25, -0.2) is 4.79 Å². The topological polar surface area (TPSA) is 44.8 Å². The second-order valence-electron chi connectivity index (χ2n) is 3.20. The molecule has 0 aliphatic carbocycles. The van der Waals surface area contributed by atoms with E-state index in [2.05, 4.69) is 20.7 Å². The van der Waals surface area contributed by atoms with Gasteiger partial charge in [0, 0.05) is 15.9 Å². The number of ether oxygens (including phenoxy) is 3. The fraction of sp³-hybridized carbons (Fsp3) is 0.250. The zero-order valence-corrected chi connectivity index (χ0v) is 12.2. The monoisotopic (exact) mass is 334 g/mol. The summed E-state index contributed by atoms with van der Waals surface area (Å²) < 4.78 is 14.8. The lowest BCUT2D eigenvalue weighted by molar-refractivity contribution is -0.138. The van der Waals surface area contributed by atoms with Crippen LogP contribution in [0.1, 0.15) is 5.56 Å². The number of hydrogen-bond donors (Lipinski definition) is 0. The Morgan fingerprint density at radius 3 is 2.72 bits per heavy atom. The molecule has 1 aromatic carbocycles. The molecule has 0 heterocycles. The highest BCUT2D eigenvalue weighted by Crippen LogP contribution is 2.26. The fourth-order valence-corrected chi connectivity index (χ4v) is 1.82. The molecule has 0 aliphatic heterocycles. The first-order valence-corrected chi connectivity index (χ1v) is 6.45. The van der Waals surface area contributed by atoms with Gasteiger partial charge in [-0.2, -0.15) is 0 Å². The molecule has 1 rings (SSSR count). The van der Waals surface area contributed by atoms with E-state index in [1.54, 1.807) is 18.2 Å². The molecule has 0 bridgehead atoms. The summed E-state index contributed by atoms with van der Waals surface area (Å²) in [6, 6.07) is 5.09. The molecule has 1 aromatic rings.